The molecule has 0 atom stereocenters. The van der Waals surface area contributed by atoms with Gasteiger partial charge in [0.25, 0.3) is 0 Å². The molecule has 4 aromatic rings. The number of nitrogens with zero attached hydrogens (tertiary/aromatic N) is 6. The van der Waals surface area contributed by atoms with Crippen LogP contribution in [0.15, 0.2) is 71.8 Å². The lowest BCUT2D eigenvalue weighted by atomic mass is 10.1. The van der Waals surface area contributed by atoms with Crippen molar-refractivity contribution in [1.29, 1.82) is 0 Å². The first-order valence-corrected chi connectivity index (χ1v) is 14.5. The summed E-state index contributed by atoms with van der Waals surface area (Å²) in [4.78, 5) is 24.8. The van der Waals surface area contributed by atoms with Crippen LogP contribution < -0.4 is 10.6 Å². The zero-order chi connectivity index (χ0) is 28.3. The molecule has 0 radical (unpaired) electrons. The lowest BCUT2D eigenvalue weighted by Gasteiger charge is -2.14. The summed E-state index contributed by atoms with van der Waals surface area (Å²) in [5.41, 5.74) is 3.91. The first-order valence-electron chi connectivity index (χ1n) is 13.7. The number of anilines is 2. The van der Waals surface area contributed by atoms with Crippen molar-refractivity contribution in [3.63, 3.8) is 0 Å². The molecule has 210 valence electrons. The van der Waals surface area contributed by atoms with Gasteiger partial charge in [-0.1, -0.05) is 65.9 Å². The van der Waals surface area contributed by atoms with E-state index in [0.29, 0.717) is 17.4 Å². The van der Waals surface area contributed by atoms with Gasteiger partial charge in [0, 0.05) is 25.6 Å². The number of aryl methyl sites for hydroxylation is 2. The van der Waals surface area contributed by atoms with Crippen LogP contribution in [-0.4, -0.2) is 50.0 Å². The Balaban J connectivity index is 0.998. The standard InChI is InChI=1S/C30H32N8O2S/c39-27(19-22-8-2-1-3-9-22)32-26-15-14-25(34-35-26)12-4-5-13-29-36-37-30(41-29)33-28(40)20-23-10-6-11-24(18-23)21-38-17-7-16-31-38/h1-3,6,8-11,14-16,18H,4-5,7,12-13,17,19-21H2,(H,32,35,39)(H,33,37,40). The highest BCUT2D eigenvalue weighted by Gasteiger charge is 2.12. The van der Waals surface area contributed by atoms with Crippen molar-refractivity contribution in [3.05, 3.63) is 94.1 Å². The number of carbonyl (C=O) groups is 2. The van der Waals surface area contributed by atoms with Crippen LogP contribution in [0.1, 0.15) is 46.7 Å². The quantitative estimate of drug-likeness (QED) is 0.228. The molecule has 0 spiro atoms. The predicted molar refractivity (Wildman–Crippen MR) is 160 cm³/mol. The molecule has 5 rings (SSSR count). The highest BCUT2D eigenvalue weighted by atomic mass is 32.1. The van der Waals surface area contributed by atoms with Gasteiger partial charge in [0.15, 0.2) is 5.82 Å². The van der Waals surface area contributed by atoms with Crippen molar-refractivity contribution in [1.82, 2.24) is 25.4 Å². The van der Waals surface area contributed by atoms with Gasteiger partial charge in [0.05, 0.1) is 25.1 Å². The largest absolute Gasteiger partial charge is 0.309 e. The topological polar surface area (TPSA) is 125 Å². The molecular weight excluding hydrogens is 536 g/mol. The predicted octanol–water partition coefficient (Wildman–Crippen LogP) is 4.45. The van der Waals surface area contributed by atoms with Crippen molar-refractivity contribution >= 4 is 40.3 Å². The van der Waals surface area contributed by atoms with Gasteiger partial charge in [-0.05, 0) is 48.1 Å². The SMILES string of the molecule is O=C(Cc1ccccc1)Nc1ccc(CCCCc2nnc(NC(=O)Cc3cccc(CN4CCC=N4)c3)s2)nn1. The van der Waals surface area contributed by atoms with E-state index < -0.39 is 0 Å². The van der Waals surface area contributed by atoms with Crippen LogP contribution in [0.2, 0.25) is 0 Å². The molecule has 0 fully saturated rings. The Hall–Kier alpha value is -4.51. The van der Waals surface area contributed by atoms with Gasteiger partial charge in [-0.15, -0.1) is 15.3 Å². The Kier molecular flexibility index (Phi) is 9.72. The van der Waals surface area contributed by atoms with E-state index in [4.69, 9.17) is 0 Å². The van der Waals surface area contributed by atoms with Crippen LogP contribution in [-0.2, 0) is 41.8 Å². The summed E-state index contributed by atoms with van der Waals surface area (Å²) >= 11 is 1.41. The molecule has 11 heteroatoms. The summed E-state index contributed by atoms with van der Waals surface area (Å²) in [6.45, 7) is 1.68. The monoisotopic (exact) mass is 568 g/mol. The molecule has 2 N–H and O–H groups in total. The molecule has 2 aromatic carbocycles. The number of hydrazone groups is 1. The summed E-state index contributed by atoms with van der Waals surface area (Å²) in [5, 5.41) is 30.2. The minimum absolute atomic E-state index is 0.109. The minimum atomic E-state index is -0.122. The third-order valence-corrected chi connectivity index (χ3v) is 7.36. The molecule has 1 aliphatic rings. The van der Waals surface area contributed by atoms with Gasteiger partial charge < -0.3 is 10.6 Å². The van der Waals surface area contributed by atoms with Crippen LogP contribution >= 0.6 is 11.3 Å². The zero-order valence-corrected chi connectivity index (χ0v) is 23.5. The molecule has 3 heterocycles. The molecule has 2 aromatic heterocycles. The van der Waals surface area contributed by atoms with Gasteiger partial charge in [0.1, 0.15) is 5.01 Å². The summed E-state index contributed by atoms with van der Waals surface area (Å²) in [6.07, 6.45) is 6.85. The summed E-state index contributed by atoms with van der Waals surface area (Å²) < 4.78 is 0. The normalized spacial score (nSPS) is 12.4. The number of amides is 2. The molecule has 0 saturated heterocycles. The Bertz CT molecular complexity index is 1470. The lowest BCUT2D eigenvalue weighted by Crippen LogP contribution is -2.15. The number of unbranched alkanes of at least 4 members (excludes halogenated alkanes) is 1. The second-order valence-corrected chi connectivity index (χ2v) is 10.9. The molecule has 0 unspecified atom stereocenters. The first-order chi connectivity index (χ1) is 20.1. The number of carbonyl (C=O) groups excluding carboxylic acids is 2. The molecule has 2 amide bonds. The number of rotatable bonds is 13. The highest BCUT2D eigenvalue weighted by molar-refractivity contribution is 7.15. The van der Waals surface area contributed by atoms with Crippen LogP contribution in [0.3, 0.4) is 0 Å². The van der Waals surface area contributed by atoms with Gasteiger partial charge in [-0.2, -0.15) is 10.2 Å². The third kappa shape index (κ3) is 9.00. The van der Waals surface area contributed by atoms with Gasteiger partial charge in [-0.25, -0.2) is 0 Å². The van der Waals surface area contributed by atoms with Gasteiger partial charge >= 0.3 is 0 Å². The number of aromatic nitrogens is 4. The van der Waals surface area contributed by atoms with Gasteiger partial charge in [-0.3, -0.25) is 14.6 Å². The highest BCUT2D eigenvalue weighted by Crippen LogP contribution is 2.19. The van der Waals surface area contributed by atoms with E-state index in [1.165, 1.54) is 11.3 Å². The summed E-state index contributed by atoms with van der Waals surface area (Å²) in [7, 11) is 0. The average molecular weight is 569 g/mol. The van der Waals surface area contributed by atoms with Crippen molar-refractivity contribution in [2.24, 2.45) is 5.10 Å². The fourth-order valence-electron chi connectivity index (χ4n) is 4.47. The third-order valence-electron chi connectivity index (χ3n) is 6.46. The molecule has 0 bridgehead atoms. The maximum atomic E-state index is 12.6. The van der Waals surface area contributed by atoms with Crippen molar-refractivity contribution < 1.29 is 9.59 Å². The molecule has 1 aliphatic heterocycles. The first kappa shape index (κ1) is 28.0. The van der Waals surface area contributed by atoms with Crippen molar-refractivity contribution in [3.8, 4) is 0 Å². The fourth-order valence-corrected chi connectivity index (χ4v) is 5.27. The van der Waals surface area contributed by atoms with Crippen LogP contribution in [0, 0.1) is 0 Å². The van der Waals surface area contributed by atoms with E-state index in [-0.39, 0.29) is 18.2 Å². The number of nitrogens with one attached hydrogen (secondary N) is 2. The number of benzene rings is 2. The van der Waals surface area contributed by atoms with E-state index >= 15 is 0 Å². The molecule has 0 aliphatic carbocycles. The van der Waals surface area contributed by atoms with Crippen molar-refractivity contribution in [2.45, 2.75) is 51.5 Å². The van der Waals surface area contributed by atoms with Crippen LogP contribution in [0.25, 0.3) is 0 Å². The summed E-state index contributed by atoms with van der Waals surface area (Å²) in [6, 6.07) is 21.3. The van der Waals surface area contributed by atoms with E-state index in [1.54, 1.807) is 6.07 Å². The van der Waals surface area contributed by atoms with E-state index in [0.717, 1.165) is 72.6 Å². The Labute approximate surface area is 242 Å². The van der Waals surface area contributed by atoms with E-state index in [2.05, 4.69) is 48.3 Å². The second kappa shape index (κ2) is 14.2. The average Bonchev–Trinajstić information content (AvgIpc) is 3.65. The number of hydrogen-bond acceptors (Lipinski definition) is 9. The second-order valence-electron chi connectivity index (χ2n) is 9.85. The molecule has 0 saturated carbocycles. The molecular formula is C30H32N8O2S. The maximum absolute atomic E-state index is 12.6. The maximum Gasteiger partial charge on any atom is 0.230 e. The molecule has 10 nitrogen and oxygen atoms in total. The van der Waals surface area contributed by atoms with Gasteiger partial charge in [0.2, 0.25) is 16.9 Å². The smallest absolute Gasteiger partial charge is 0.230 e. The Morgan fingerprint density at radius 3 is 2.37 bits per heavy atom. The van der Waals surface area contributed by atoms with E-state index in [1.807, 2.05) is 59.8 Å². The summed E-state index contributed by atoms with van der Waals surface area (Å²) in [5.74, 6) is 0.216. The van der Waals surface area contributed by atoms with Crippen molar-refractivity contribution in [2.75, 3.05) is 17.2 Å². The zero-order valence-electron chi connectivity index (χ0n) is 22.7. The van der Waals surface area contributed by atoms with E-state index in [9.17, 15) is 9.59 Å². The fraction of sp³-hybridized carbons (Fsp3) is 0.300. The van der Waals surface area contributed by atoms with Crippen LogP contribution in [0.4, 0.5) is 10.9 Å². The Morgan fingerprint density at radius 2 is 1.56 bits per heavy atom. The minimum Gasteiger partial charge on any atom is -0.309 e. The molecule has 41 heavy (non-hydrogen) atoms. The van der Waals surface area contributed by atoms with Crippen LogP contribution in [0.5, 0.6) is 0 Å². The number of hydrogen-bond donors (Lipinski definition) is 2. The lowest BCUT2D eigenvalue weighted by molar-refractivity contribution is -0.116. The Morgan fingerprint density at radius 1 is 0.780 bits per heavy atom.